The minimum Gasteiger partial charge on any atom is -0.338 e. The highest BCUT2D eigenvalue weighted by atomic mass is 35.5. The highest BCUT2D eigenvalue weighted by molar-refractivity contribution is 6.17. The van der Waals surface area contributed by atoms with E-state index < -0.39 is 0 Å². The van der Waals surface area contributed by atoms with Crippen LogP contribution in [0.3, 0.4) is 0 Å². The predicted octanol–water partition coefficient (Wildman–Crippen LogP) is 5.59. The predicted molar refractivity (Wildman–Crippen MR) is 95.7 cm³/mol. The lowest BCUT2D eigenvalue weighted by Gasteiger charge is -2.20. The summed E-state index contributed by atoms with van der Waals surface area (Å²) in [6.45, 7) is 6.13. The molecule has 1 unspecified atom stereocenters. The van der Waals surface area contributed by atoms with E-state index in [1.165, 1.54) is 16.6 Å². The van der Waals surface area contributed by atoms with Crippen molar-refractivity contribution < 1.29 is 0 Å². The Morgan fingerprint density at radius 3 is 2.50 bits per heavy atom. The van der Waals surface area contributed by atoms with Gasteiger partial charge in [-0.3, -0.25) is 4.98 Å². The Morgan fingerprint density at radius 2 is 1.82 bits per heavy atom. The molecule has 3 rings (SSSR count). The van der Waals surface area contributed by atoms with Gasteiger partial charge in [0.1, 0.15) is 0 Å². The van der Waals surface area contributed by atoms with Gasteiger partial charge in [-0.25, -0.2) is 0 Å². The van der Waals surface area contributed by atoms with Crippen LogP contribution >= 0.6 is 11.6 Å². The molecule has 0 saturated carbocycles. The summed E-state index contributed by atoms with van der Waals surface area (Å²) in [5.41, 5.74) is 4.77. The molecule has 0 N–H and O–H groups in total. The van der Waals surface area contributed by atoms with Gasteiger partial charge >= 0.3 is 0 Å². The van der Waals surface area contributed by atoms with Gasteiger partial charge in [-0.05, 0) is 36.6 Å². The molecule has 0 fully saturated rings. The molecule has 2 nitrogen and oxygen atoms in total. The van der Waals surface area contributed by atoms with Gasteiger partial charge in [0.05, 0.1) is 17.1 Å². The van der Waals surface area contributed by atoms with Crippen molar-refractivity contribution in [2.75, 3.05) is 5.88 Å². The quantitative estimate of drug-likeness (QED) is 0.574. The van der Waals surface area contributed by atoms with Crippen LogP contribution in [0.4, 0.5) is 0 Å². The summed E-state index contributed by atoms with van der Waals surface area (Å²) in [6.07, 6.45) is 4.89. The highest BCUT2D eigenvalue weighted by Gasteiger charge is 2.16. The third-order valence-electron chi connectivity index (χ3n) is 3.71. The smallest absolute Gasteiger partial charge is 0.0883 e. The second-order valence-electron chi connectivity index (χ2n) is 4.99. The highest BCUT2D eigenvalue weighted by Crippen LogP contribution is 2.28. The van der Waals surface area contributed by atoms with E-state index in [9.17, 15) is 0 Å². The van der Waals surface area contributed by atoms with Crippen molar-refractivity contribution in [2.24, 2.45) is 0 Å². The van der Waals surface area contributed by atoms with Crippen LogP contribution in [-0.4, -0.2) is 15.4 Å². The van der Waals surface area contributed by atoms with Gasteiger partial charge in [-0.1, -0.05) is 44.2 Å². The molecule has 1 aromatic carbocycles. The summed E-state index contributed by atoms with van der Waals surface area (Å²) in [7, 11) is 0. The molecule has 22 heavy (non-hydrogen) atoms. The van der Waals surface area contributed by atoms with Gasteiger partial charge in [-0.15, -0.1) is 11.6 Å². The zero-order chi connectivity index (χ0) is 15.9. The van der Waals surface area contributed by atoms with Gasteiger partial charge in [0.2, 0.25) is 0 Å². The SMILES string of the molecule is CC.Cc1ccnc2ccn(C(CCCl)c3ccccc3)c12. The molecule has 116 valence electrons. The fraction of sp³-hybridized carbons (Fsp3) is 0.316. The Hall–Kier alpha value is -1.80. The number of halogens is 1. The van der Waals surface area contributed by atoms with E-state index in [0.29, 0.717) is 5.88 Å². The van der Waals surface area contributed by atoms with Crippen LogP contribution in [0, 0.1) is 6.92 Å². The number of benzene rings is 1. The second kappa shape index (κ2) is 8.00. The van der Waals surface area contributed by atoms with Crippen LogP contribution in [0.25, 0.3) is 11.0 Å². The van der Waals surface area contributed by atoms with E-state index >= 15 is 0 Å². The molecular weight excluding hydrogens is 292 g/mol. The Morgan fingerprint density at radius 1 is 1.09 bits per heavy atom. The topological polar surface area (TPSA) is 17.8 Å². The molecule has 0 amide bonds. The maximum absolute atomic E-state index is 6.03. The largest absolute Gasteiger partial charge is 0.338 e. The van der Waals surface area contributed by atoms with Crippen molar-refractivity contribution in [2.45, 2.75) is 33.2 Å². The van der Waals surface area contributed by atoms with Gasteiger partial charge in [0, 0.05) is 18.3 Å². The van der Waals surface area contributed by atoms with Crippen LogP contribution in [0.15, 0.2) is 54.9 Å². The Balaban J connectivity index is 0.000000847. The van der Waals surface area contributed by atoms with Gasteiger partial charge in [-0.2, -0.15) is 0 Å². The monoisotopic (exact) mass is 314 g/mol. The average Bonchev–Trinajstić information content (AvgIpc) is 3.00. The number of hydrogen-bond acceptors (Lipinski definition) is 1. The normalized spacial score (nSPS) is 11.8. The van der Waals surface area contributed by atoms with Crippen LogP contribution in [0.2, 0.25) is 0 Å². The fourth-order valence-electron chi connectivity index (χ4n) is 2.76. The molecule has 2 heterocycles. The summed E-state index contributed by atoms with van der Waals surface area (Å²) in [5.74, 6) is 0.637. The fourth-order valence-corrected chi connectivity index (χ4v) is 2.97. The zero-order valence-corrected chi connectivity index (χ0v) is 14.2. The Bertz CT molecular complexity index is 704. The first-order valence-electron chi connectivity index (χ1n) is 7.84. The molecule has 1 atom stereocenters. The molecule has 0 radical (unpaired) electrons. The van der Waals surface area contributed by atoms with Gasteiger partial charge in [0.25, 0.3) is 0 Å². The van der Waals surface area contributed by atoms with Crippen LogP contribution < -0.4 is 0 Å². The number of nitrogens with zero attached hydrogens (tertiary/aromatic N) is 2. The molecule has 3 heteroatoms. The third kappa shape index (κ3) is 3.33. The van der Waals surface area contributed by atoms with E-state index in [4.69, 9.17) is 11.6 Å². The number of alkyl halides is 1. The van der Waals surface area contributed by atoms with Crippen LogP contribution in [0.5, 0.6) is 0 Å². The lowest BCUT2D eigenvalue weighted by molar-refractivity contribution is 0.587. The number of pyridine rings is 1. The van der Waals surface area contributed by atoms with Crippen molar-refractivity contribution in [3.63, 3.8) is 0 Å². The molecule has 0 bridgehead atoms. The van der Waals surface area contributed by atoms with Crippen molar-refractivity contribution in [1.29, 1.82) is 0 Å². The van der Waals surface area contributed by atoms with Crippen molar-refractivity contribution >= 4 is 22.6 Å². The summed E-state index contributed by atoms with van der Waals surface area (Å²) in [5, 5.41) is 0. The molecule has 2 aromatic heterocycles. The summed E-state index contributed by atoms with van der Waals surface area (Å²) in [4.78, 5) is 4.45. The first-order chi connectivity index (χ1) is 10.8. The first-order valence-corrected chi connectivity index (χ1v) is 8.38. The standard InChI is InChI=1S/C17H17ClN2.C2H6/c1-13-8-11-19-15-9-12-20(17(13)15)16(7-10-18)14-5-3-2-4-6-14;1-2/h2-6,8-9,11-12,16H,7,10H2,1H3;1-2H3. The van der Waals surface area contributed by atoms with E-state index in [2.05, 4.69) is 59.1 Å². The summed E-state index contributed by atoms with van der Waals surface area (Å²) < 4.78 is 2.30. The lowest BCUT2D eigenvalue weighted by Crippen LogP contribution is -2.11. The first kappa shape index (κ1) is 16.6. The minimum absolute atomic E-state index is 0.258. The molecule has 3 aromatic rings. The molecule has 0 aliphatic heterocycles. The Kier molecular flexibility index (Phi) is 6.02. The van der Waals surface area contributed by atoms with E-state index in [-0.39, 0.29) is 6.04 Å². The van der Waals surface area contributed by atoms with Gasteiger partial charge < -0.3 is 4.57 Å². The molecular formula is C19H23ClN2. The van der Waals surface area contributed by atoms with Gasteiger partial charge in [0.15, 0.2) is 0 Å². The summed E-state index contributed by atoms with van der Waals surface area (Å²) >= 11 is 6.03. The van der Waals surface area contributed by atoms with Crippen LogP contribution in [-0.2, 0) is 0 Å². The maximum Gasteiger partial charge on any atom is 0.0883 e. The third-order valence-corrected chi connectivity index (χ3v) is 3.93. The van der Waals surface area contributed by atoms with E-state index in [1.54, 1.807) is 0 Å². The number of aromatic nitrogens is 2. The molecule has 0 spiro atoms. The molecule has 0 aliphatic rings. The summed E-state index contributed by atoms with van der Waals surface area (Å²) in [6, 6.07) is 14.9. The average molecular weight is 315 g/mol. The minimum atomic E-state index is 0.258. The van der Waals surface area contributed by atoms with E-state index in [0.717, 1.165) is 11.9 Å². The lowest BCUT2D eigenvalue weighted by atomic mass is 10.0. The van der Waals surface area contributed by atoms with Crippen molar-refractivity contribution in [3.05, 3.63) is 66.0 Å². The number of hydrogen-bond donors (Lipinski definition) is 0. The molecule has 0 saturated heterocycles. The number of fused-ring (bicyclic) bond motifs is 1. The second-order valence-corrected chi connectivity index (χ2v) is 5.37. The number of aryl methyl sites for hydroxylation is 1. The van der Waals surface area contributed by atoms with Crippen LogP contribution in [0.1, 0.15) is 37.4 Å². The molecule has 0 aliphatic carbocycles. The maximum atomic E-state index is 6.03. The Labute approximate surface area is 137 Å². The van der Waals surface area contributed by atoms with E-state index in [1.807, 2.05) is 26.1 Å². The van der Waals surface area contributed by atoms with Crippen molar-refractivity contribution in [3.8, 4) is 0 Å². The number of rotatable bonds is 4. The zero-order valence-electron chi connectivity index (χ0n) is 13.5. The van der Waals surface area contributed by atoms with Crippen molar-refractivity contribution in [1.82, 2.24) is 9.55 Å².